The Hall–Kier alpha value is -1.07. The number of hydrogen-bond acceptors (Lipinski definition) is 3. The summed E-state index contributed by atoms with van der Waals surface area (Å²) in [4.78, 5) is 11.7. The van der Waals surface area contributed by atoms with E-state index in [9.17, 15) is 9.90 Å². The van der Waals surface area contributed by atoms with Gasteiger partial charge in [0.25, 0.3) is 5.91 Å². The summed E-state index contributed by atoms with van der Waals surface area (Å²) in [7, 11) is 0. The van der Waals surface area contributed by atoms with Gasteiger partial charge in [0.1, 0.15) is 5.75 Å². The lowest BCUT2D eigenvalue weighted by Crippen LogP contribution is -2.57. The van der Waals surface area contributed by atoms with Crippen LogP contribution >= 0.6 is 15.9 Å². The third-order valence-corrected chi connectivity index (χ3v) is 3.68. The molecule has 0 heterocycles. The first-order chi connectivity index (χ1) is 8.63. The number of nitrogens with one attached hydrogen (secondary N) is 1. The van der Waals surface area contributed by atoms with E-state index in [2.05, 4.69) is 21.2 Å². The molecule has 2 rings (SSSR count). The molecule has 2 N–H and O–H groups in total. The molecule has 1 aromatic rings. The van der Waals surface area contributed by atoms with Crippen molar-refractivity contribution in [3.8, 4) is 5.75 Å². The number of amides is 1. The fourth-order valence-electron chi connectivity index (χ4n) is 1.96. The van der Waals surface area contributed by atoms with Crippen molar-refractivity contribution in [1.29, 1.82) is 0 Å². The van der Waals surface area contributed by atoms with Crippen LogP contribution in [0.3, 0.4) is 0 Å². The second-order valence-corrected chi connectivity index (χ2v) is 5.50. The normalized spacial score (nSPS) is 16.8. The lowest BCUT2D eigenvalue weighted by molar-refractivity contribution is -0.127. The third-order valence-electron chi connectivity index (χ3n) is 3.18. The zero-order chi connectivity index (χ0) is 13.0. The topological polar surface area (TPSA) is 58.6 Å². The molecular formula is C13H16BrNO3. The van der Waals surface area contributed by atoms with Gasteiger partial charge in [-0.3, -0.25) is 4.79 Å². The molecule has 1 aromatic carbocycles. The van der Waals surface area contributed by atoms with Crippen molar-refractivity contribution in [2.75, 3.05) is 13.2 Å². The Morgan fingerprint density at radius 3 is 2.83 bits per heavy atom. The summed E-state index contributed by atoms with van der Waals surface area (Å²) in [5.74, 6) is 0.454. The van der Waals surface area contributed by atoms with Gasteiger partial charge >= 0.3 is 0 Å². The molecule has 0 bridgehead atoms. The maximum atomic E-state index is 11.7. The summed E-state index contributed by atoms with van der Waals surface area (Å²) in [6, 6.07) is 7.34. The maximum Gasteiger partial charge on any atom is 0.258 e. The van der Waals surface area contributed by atoms with Gasteiger partial charge in [-0.2, -0.15) is 0 Å². The Balaban J connectivity index is 1.81. The van der Waals surface area contributed by atoms with Gasteiger partial charge in [-0.1, -0.05) is 22.0 Å². The fraction of sp³-hybridized carbons (Fsp3) is 0.462. The van der Waals surface area contributed by atoms with Crippen molar-refractivity contribution in [1.82, 2.24) is 5.32 Å². The number of halogens is 1. The first-order valence-electron chi connectivity index (χ1n) is 5.94. The standard InChI is InChI=1S/C13H16BrNO3/c14-10-3-1-4-11(7-10)18-8-12(17)15-13(9-16)5-2-6-13/h1,3-4,7,16H,2,5-6,8-9H2,(H,15,17). The zero-order valence-electron chi connectivity index (χ0n) is 9.99. The molecule has 0 unspecified atom stereocenters. The van der Waals surface area contributed by atoms with Gasteiger partial charge in [-0.25, -0.2) is 0 Å². The molecule has 1 amide bonds. The number of hydrogen-bond donors (Lipinski definition) is 2. The molecule has 5 heteroatoms. The van der Waals surface area contributed by atoms with Crippen LogP contribution in [0.4, 0.5) is 0 Å². The quantitative estimate of drug-likeness (QED) is 0.872. The molecule has 0 aromatic heterocycles. The summed E-state index contributed by atoms with van der Waals surface area (Å²) < 4.78 is 6.29. The van der Waals surface area contributed by atoms with Crippen LogP contribution in [0.25, 0.3) is 0 Å². The lowest BCUT2D eigenvalue weighted by Gasteiger charge is -2.40. The summed E-state index contributed by atoms with van der Waals surface area (Å²) in [5.41, 5.74) is -0.405. The van der Waals surface area contributed by atoms with Gasteiger partial charge in [0, 0.05) is 4.47 Å². The number of benzene rings is 1. The highest BCUT2D eigenvalue weighted by Crippen LogP contribution is 2.31. The molecule has 4 nitrogen and oxygen atoms in total. The monoisotopic (exact) mass is 313 g/mol. The third kappa shape index (κ3) is 3.23. The lowest BCUT2D eigenvalue weighted by atomic mass is 9.77. The van der Waals surface area contributed by atoms with Crippen molar-refractivity contribution in [3.05, 3.63) is 28.7 Å². The SMILES string of the molecule is O=C(COc1cccc(Br)c1)NC1(CO)CCC1. The van der Waals surface area contributed by atoms with E-state index in [1.165, 1.54) is 0 Å². The zero-order valence-corrected chi connectivity index (χ0v) is 11.6. The Kier molecular flexibility index (Phi) is 4.24. The first-order valence-corrected chi connectivity index (χ1v) is 6.73. The Morgan fingerprint density at radius 1 is 1.50 bits per heavy atom. The van der Waals surface area contributed by atoms with Crippen molar-refractivity contribution < 1.29 is 14.6 Å². The van der Waals surface area contributed by atoms with Crippen LogP contribution in [0, 0.1) is 0 Å². The van der Waals surface area contributed by atoms with Gasteiger partial charge < -0.3 is 15.2 Å². The molecule has 1 fully saturated rings. The van der Waals surface area contributed by atoms with Crippen LogP contribution in [0.5, 0.6) is 5.75 Å². The minimum absolute atomic E-state index is 0.00434. The van der Waals surface area contributed by atoms with E-state index >= 15 is 0 Å². The van der Waals surface area contributed by atoms with Crippen LogP contribution < -0.4 is 10.1 Å². The molecule has 0 spiro atoms. The van der Waals surface area contributed by atoms with Crippen LogP contribution in [-0.4, -0.2) is 29.8 Å². The molecule has 98 valence electrons. The molecule has 0 atom stereocenters. The average molecular weight is 314 g/mol. The Morgan fingerprint density at radius 2 is 2.28 bits per heavy atom. The molecule has 18 heavy (non-hydrogen) atoms. The largest absolute Gasteiger partial charge is 0.484 e. The highest BCUT2D eigenvalue weighted by molar-refractivity contribution is 9.10. The predicted octanol–water partition coefficient (Wildman–Crippen LogP) is 1.86. The van der Waals surface area contributed by atoms with E-state index < -0.39 is 5.54 Å². The van der Waals surface area contributed by atoms with E-state index in [1.807, 2.05) is 12.1 Å². The van der Waals surface area contributed by atoms with Crippen molar-refractivity contribution >= 4 is 21.8 Å². The van der Waals surface area contributed by atoms with Gasteiger partial charge in [-0.15, -0.1) is 0 Å². The van der Waals surface area contributed by atoms with Gasteiger partial charge in [-0.05, 0) is 37.5 Å². The number of carbonyl (C=O) groups is 1. The highest BCUT2D eigenvalue weighted by Gasteiger charge is 2.37. The molecule has 1 saturated carbocycles. The van der Waals surface area contributed by atoms with Gasteiger partial charge in [0.2, 0.25) is 0 Å². The molecule has 0 saturated heterocycles. The number of aliphatic hydroxyl groups excluding tert-OH is 1. The molecule has 0 aliphatic heterocycles. The van der Waals surface area contributed by atoms with Crippen LogP contribution in [-0.2, 0) is 4.79 Å². The van der Waals surface area contributed by atoms with E-state index in [0.29, 0.717) is 5.75 Å². The van der Waals surface area contributed by atoms with E-state index in [4.69, 9.17) is 4.74 Å². The number of aliphatic hydroxyl groups is 1. The van der Waals surface area contributed by atoms with E-state index in [1.54, 1.807) is 12.1 Å². The summed E-state index contributed by atoms with van der Waals surface area (Å²) in [6.07, 6.45) is 2.73. The predicted molar refractivity (Wildman–Crippen MR) is 71.4 cm³/mol. The Bertz CT molecular complexity index is 426. The average Bonchev–Trinajstić information content (AvgIpc) is 2.31. The van der Waals surface area contributed by atoms with Crippen LogP contribution in [0.1, 0.15) is 19.3 Å². The molecule has 0 radical (unpaired) electrons. The maximum absolute atomic E-state index is 11.7. The minimum atomic E-state index is -0.405. The van der Waals surface area contributed by atoms with Gasteiger partial charge in [0.15, 0.2) is 6.61 Å². The number of ether oxygens (including phenoxy) is 1. The minimum Gasteiger partial charge on any atom is -0.484 e. The molecule has 1 aliphatic rings. The summed E-state index contributed by atoms with van der Waals surface area (Å²) in [6.45, 7) is -0.0339. The first kappa shape index (κ1) is 13.4. The van der Waals surface area contributed by atoms with Crippen molar-refractivity contribution in [2.24, 2.45) is 0 Å². The fourth-order valence-corrected chi connectivity index (χ4v) is 2.34. The Labute approximate surface area is 114 Å². The number of rotatable bonds is 5. The molecular weight excluding hydrogens is 298 g/mol. The van der Waals surface area contributed by atoms with Crippen LogP contribution in [0.15, 0.2) is 28.7 Å². The van der Waals surface area contributed by atoms with E-state index in [0.717, 1.165) is 23.7 Å². The highest BCUT2D eigenvalue weighted by atomic mass is 79.9. The van der Waals surface area contributed by atoms with E-state index in [-0.39, 0.29) is 19.1 Å². The smallest absolute Gasteiger partial charge is 0.258 e. The second-order valence-electron chi connectivity index (χ2n) is 4.59. The number of carbonyl (C=O) groups excluding carboxylic acids is 1. The van der Waals surface area contributed by atoms with Gasteiger partial charge in [0.05, 0.1) is 12.1 Å². The molecule has 1 aliphatic carbocycles. The summed E-state index contributed by atoms with van der Waals surface area (Å²) >= 11 is 3.34. The van der Waals surface area contributed by atoms with Crippen LogP contribution in [0.2, 0.25) is 0 Å². The second kappa shape index (κ2) is 5.71. The summed E-state index contributed by atoms with van der Waals surface area (Å²) in [5, 5.41) is 12.1. The van der Waals surface area contributed by atoms with Crippen molar-refractivity contribution in [2.45, 2.75) is 24.8 Å². The van der Waals surface area contributed by atoms with Crippen molar-refractivity contribution in [3.63, 3.8) is 0 Å².